The van der Waals surface area contributed by atoms with Crippen molar-refractivity contribution >= 4 is 23.5 Å². The highest BCUT2D eigenvalue weighted by Gasteiger charge is 2.40. The molecular weight excluding hydrogens is 749 g/mol. The van der Waals surface area contributed by atoms with Gasteiger partial charge >= 0.3 is 6.09 Å². The van der Waals surface area contributed by atoms with Crippen LogP contribution >= 0.6 is 0 Å². The van der Waals surface area contributed by atoms with Crippen LogP contribution in [0.4, 0.5) is 16.3 Å². The Bertz CT molecular complexity index is 2350. The van der Waals surface area contributed by atoms with Crippen molar-refractivity contribution in [3.05, 3.63) is 233 Å². The third-order valence-corrected chi connectivity index (χ3v) is 10.4. The Hall–Kier alpha value is -7.74. The molecule has 4 N–H and O–H groups in total. The standard InChI is InChI=1S/C50H44N6O4/c51-33-31-38(32-34-52-48(58)59)47(57)54-45-37-53-56(35-36-60-50(42-25-13-4-14-26-42,43-27-15-5-16-28-43)44-29-17-6-18-30-44)46(45)55-49(39-19-7-1-8-20-39,40-21-9-2-10-22-40)41-23-11-3-12-24-41/h1-31,37,52,55H,32,34-36H2,(H,54,57)(H,58,59). The minimum Gasteiger partial charge on any atom is -0.465 e. The van der Waals surface area contributed by atoms with Crippen LogP contribution in [0.15, 0.2) is 200 Å². The van der Waals surface area contributed by atoms with Gasteiger partial charge in [-0.25, -0.2) is 9.48 Å². The smallest absolute Gasteiger partial charge is 0.404 e. The largest absolute Gasteiger partial charge is 0.465 e. The van der Waals surface area contributed by atoms with Gasteiger partial charge in [-0.2, -0.15) is 10.4 Å². The van der Waals surface area contributed by atoms with Crippen molar-refractivity contribution in [3.8, 4) is 6.07 Å². The molecule has 10 nitrogen and oxygen atoms in total. The van der Waals surface area contributed by atoms with Crippen molar-refractivity contribution in [2.45, 2.75) is 24.1 Å². The highest BCUT2D eigenvalue weighted by atomic mass is 16.5. The number of hydrogen-bond acceptors (Lipinski definition) is 6. The summed E-state index contributed by atoms with van der Waals surface area (Å²) in [5.74, 6) is -0.0863. The van der Waals surface area contributed by atoms with E-state index >= 15 is 0 Å². The van der Waals surface area contributed by atoms with Crippen molar-refractivity contribution < 1.29 is 19.4 Å². The van der Waals surface area contributed by atoms with E-state index < -0.39 is 23.1 Å². The van der Waals surface area contributed by atoms with E-state index in [1.165, 1.54) is 0 Å². The van der Waals surface area contributed by atoms with E-state index in [1.54, 1.807) is 10.9 Å². The van der Waals surface area contributed by atoms with Gasteiger partial charge in [0.25, 0.3) is 5.91 Å². The number of aromatic nitrogens is 2. The summed E-state index contributed by atoms with van der Waals surface area (Å²) in [6.07, 6.45) is 1.48. The molecule has 60 heavy (non-hydrogen) atoms. The highest BCUT2D eigenvalue weighted by molar-refractivity contribution is 6.05. The quantitative estimate of drug-likeness (QED) is 0.0409. The zero-order chi connectivity index (χ0) is 41.6. The van der Waals surface area contributed by atoms with E-state index in [9.17, 15) is 14.9 Å². The number of benzene rings is 6. The molecule has 0 atom stereocenters. The Balaban J connectivity index is 1.34. The average Bonchev–Trinajstić information content (AvgIpc) is 3.67. The predicted molar refractivity (Wildman–Crippen MR) is 233 cm³/mol. The Morgan fingerprint density at radius 3 is 1.48 bits per heavy atom. The van der Waals surface area contributed by atoms with Crippen LogP contribution in [-0.4, -0.2) is 40.0 Å². The molecular formula is C50H44N6O4. The molecule has 6 aromatic carbocycles. The van der Waals surface area contributed by atoms with E-state index in [0.29, 0.717) is 11.5 Å². The molecule has 0 aliphatic carbocycles. The van der Waals surface area contributed by atoms with Gasteiger partial charge in [-0.3, -0.25) is 4.79 Å². The van der Waals surface area contributed by atoms with Gasteiger partial charge in [-0.1, -0.05) is 182 Å². The Morgan fingerprint density at radius 2 is 1.08 bits per heavy atom. The molecule has 0 fully saturated rings. The number of hydrogen-bond donors (Lipinski definition) is 4. The fraction of sp³-hybridized carbons (Fsp3) is 0.120. The predicted octanol–water partition coefficient (Wildman–Crippen LogP) is 9.34. The molecule has 298 valence electrons. The Kier molecular flexibility index (Phi) is 12.9. The van der Waals surface area contributed by atoms with Gasteiger partial charge in [0.05, 0.1) is 25.4 Å². The zero-order valence-electron chi connectivity index (χ0n) is 32.8. The highest BCUT2D eigenvalue weighted by Crippen LogP contribution is 2.43. The first-order valence-electron chi connectivity index (χ1n) is 19.6. The van der Waals surface area contributed by atoms with Gasteiger partial charge < -0.3 is 25.8 Å². The second kappa shape index (κ2) is 19.1. The van der Waals surface area contributed by atoms with E-state index in [4.69, 9.17) is 14.9 Å². The van der Waals surface area contributed by atoms with Gasteiger partial charge in [0.1, 0.15) is 22.6 Å². The van der Waals surface area contributed by atoms with Gasteiger partial charge in [0, 0.05) is 18.2 Å². The number of nitriles is 1. The van der Waals surface area contributed by atoms with E-state index in [1.807, 2.05) is 115 Å². The molecule has 7 rings (SSSR count). The number of anilines is 2. The number of carboxylic acid groups (broad SMARTS) is 1. The molecule has 0 saturated heterocycles. The number of rotatable bonds is 17. The zero-order valence-corrected chi connectivity index (χ0v) is 32.8. The summed E-state index contributed by atoms with van der Waals surface area (Å²) < 4.78 is 8.96. The normalized spacial score (nSPS) is 11.6. The number of allylic oxidation sites excluding steroid dienone is 1. The molecule has 0 radical (unpaired) electrons. The molecule has 0 bridgehead atoms. The number of carbonyl (C=O) groups excluding carboxylic acids is 1. The maximum Gasteiger partial charge on any atom is 0.404 e. The van der Waals surface area contributed by atoms with Gasteiger partial charge in [0.15, 0.2) is 0 Å². The summed E-state index contributed by atoms with van der Waals surface area (Å²) in [6, 6.07) is 62.6. The van der Waals surface area contributed by atoms with Crippen LogP contribution in [0.25, 0.3) is 0 Å². The topological polar surface area (TPSA) is 141 Å². The fourth-order valence-electron chi connectivity index (χ4n) is 7.63. The van der Waals surface area contributed by atoms with Crippen molar-refractivity contribution in [1.82, 2.24) is 15.1 Å². The van der Waals surface area contributed by atoms with E-state index in [-0.39, 0.29) is 31.7 Å². The maximum absolute atomic E-state index is 13.9. The number of nitrogens with one attached hydrogen (secondary N) is 3. The third kappa shape index (κ3) is 8.72. The molecule has 2 amide bonds. The van der Waals surface area contributed by atoms with Crippen LogP contribution in [0.3, 0.4) is 0 Å². The number of amides is 2. The van der Waals surface area contributed by atoms with Crippen molar-refractivity contribution in [2.75, 3.05) is 23.8 Å². The summed E-state index contributed by atoms with van der Waals surface area (Å²) in [4.78, 5) is 25.1. The lowest BCUT2D eigenvalue weighted by atomic mass is 9.77. The van der Waals surface area contributed by atoms with Crippen molar-refractivity contribution in [2.24, 2.45) is 0 Å². The van der Waals surface area contributed by atoms with Crippen LogP contribution in [0.2, 0.25) is 0 Å². The summed E-state index contributed by atoms with van der Waals surface area (Å²) in [7, 11) is 0. The molecule has 10 heteroatoms. The van der Waals surface area contributed by atoms with Gasteiger partial charge in [-0.15, -0.1) is 0 Å². The lowest BCUT2D eigenvalue weighted by molar-refractivity contribution is -0.113. The van der Waals surface area contributed by atoms with E-state index in [2.05, 4.69) is 88.7 Å². The van der Waals surface area contributed by atoms with Crippen LogP contribution in [0.1, 0.15) is 39.8 Å². The SMILES string of the molecule is N#CC=C(CCNC(=O)O)C(=O)Nc1cnn(CCOC(c2ccccc2)(c2ccccc2)c2ccccc2)c1NC(c1ccccc1)(c1ccccc1)c1ccccc1. The monoisotopic (exact) mass is 792 g/mol. The van der Waals surface area contributed by atoms with Crippen LogP contribution < -0.4 is 16.0 Å². The summed E-state index contributed by atoms with van der Waals surface area (Å²) in [5, 5.41) is 32.7. The summed E-state index contributed by atoms with van der Waals surface area (Å²) in [6.45, 7) is 0.394. The van der Waals surface area contributed by atoms with Crippen molar-refractivity contribution in [1.29, 1.82) is 5.26 Å². The number of ether oxygens (including phenoxy) is 1. The molecule has 1 heterocycles. The lowest BCUT2D eigenvalue weighted by Gasteiger charge is -2.38. The molecule has 0 spiro atoms. The molecule has 7 aromatic rings. The van der Waals surface area contributed by atoms with Crippen LogP contribution in [0.5, 0.6) is 0 Å². The fourth-order valence-corrected chi connectivity index (χ4v) is 7.63. The second-order valence-corrected chi connectivity index (χ2v) is 14.0. The Labute approximate surface area is 349 Å². The summed E-state index contributed by atoms with van der Waals surface area (Å²) >= 11 is 0. The minimum absolute atomic E-state index is 0.00104. The van der Waals surface area contributed by atoms with Crippen molar-refractivity contribution in [3.63, 3.8) is 0 Å². The molecule has 1 aromatic heterocycles. The Morgan fingerprint density at radius 1 is 0.667 bits per heavy atom. The van der Waals surface area contributed by atoms with Gasteiger partial charge in [0.2, 0.25) is 0 Å². The summed E-state index contributed by atoms with van der Waals surface area (Å²) in [5.41, 5.74) is 4.15. The van der Waals surface area contributed by atoms with Gasteiger partial charge in [-0.05, 0) is 39.8 Å². The average molecular weight is 793 g/mol. The van der Waals surface area contributed by atoms with E-state index in [0.717, 1.165) is 39.5 Å². The minimum atomic E-state index is -1.23. The lowest BCUT2D eigenvalue weighted by Crippen LogP contribution is -2.39. The first kappa shape index (κ1) is 40.5. The molecule has 0 saturated carbocycles. The number of carbonyl (C=O) groups is 2. The third-order valence-electron chi connectivity index (χ3n) is 10.4. The number of nitrogens with zero attached hydrogens (tertiary/aromatic N) is 3. The van der Waals surface area contributed by atoms with Crippen LogP contribution in [0, 0.1) is 11.3 Å². The van der Waals surface area contributed by atoms with Crippen LogP contribution in [-0.2, 0) is 27.2 Å². The molecule has 0 aliphatic rings. The molecule has 0 unspecified atom stereocenters. The maximum atomic E-state index is 13.9. The first-order chi connectivity index (χ1) is 29.5. The first-order valence-corrected chi connectivity index (χ1v) is 19.6. The molecule has 0 aliphatic heterocycles. The second-order valence-electron chi connectivity index (χ2n) is 14.0.